The van der Waals surface area contributed by atoms with E-state index in [1.165, 1.54) is 24.1 Å². The molecule has 1 aromatic carbocycles. The number of aromatic carboxylic acids is 1. The molecule has 1 heterocycles. The lowest BCUT2D eigenvalue weighted by molar-refractivity contribution is 0.0660. The van der Waals surface area contributed by atoms with Crippen molar-refractivity contribution in [3.63, 3.8) is 0 Å². The number of carbonyl (C=O) groups is 2. The summed E-state index contributed by atoms with van der Waals surface area (Å²) in [5, 5.41) is 17.5. The van der Waals surface area contributed by atoms with Crippen LogP contribution in [0.5, 0.6) is 0 Å². The molecule has 100 valence electrons. The van der Waals surface area contributed by atoms with E-state index in [0.717, 1.165) is 0 Å². The lowest BCUT2D eigenvalue weighted by Gasteiger charge is -2.15. The van der Waals surface area contributed by atoms with Crippen LogP contribution in [0, 0.1) is 11.3 Å². The number of rotatable bonds is 3. The fourth-order valence-electron chi connectivity index (χ4n) is 1.61. The van der Waals surface area contributed by atoms with Gasteiger partial charge in [0.05, 0.1) is 11.6 Å². The molecule has 0 spiro atoms. The maximum absolute atomic E-state index is 12.1. The standard InChI is InChI=1S/C14H10N2O4/c1-16(10-4-2-9(8-15)3-5-10)13(17)11-6-7-12(20-11)14(18)19/h2-7H,1H3,(H,18,19). The lowest BCUT2D eigenvalue weighted by Crippen LogP contribution is -2.25. The number of carbonyl (C=O) groups excluding carboxylic acids is 1. The summed E-state index contributed by atoms with van der Waals surface area (Å²) in [6, 6.07) is 10.9. The van der Waals surface area contributed by atoms with Gasteiger partial charge in [0.15, 0.2) is 5.76 Å². The Labute approximate surface area is 114 Å². The minimum Gasteiger partial charge on any atom is -0.475 e. The monoisotopic (exact) mass is 270 g/mol. The average Bonchev–Trinajstić information content (AvgIpc) is 2.96. The molecule has 0 radical (unpaired) electrons. The Morgan fingerprint density at radius 2 is 1.75 bits per heavy atom. The summed E-state index contributed by atoms with van der Waals surface area (Å²) in [7, 11) is 1.53. The largest absolute Gasteiger partial charge is 0.475 e. The minimum atomic E-state index is -1.23. The summed E-state index contributed by atoms with van der Waals surface area (Å²) in [5.41, 5.74) is 1.06. The minimum absolute atomic E-state index is 0.0609. The lowest BCUT2D eigenvalue weighted by atomic mass is 10.2. The van der Waals surface area contributed by atoms with Gasteiger partial charge in [-0.1, -0.05) is 0 Å². The van der Waals surface area contributed by atoms with E-state index in [9.17, 15) is 9.59 Å². The van der Waals surface area contributed by atoms with Gasteiger partial charge in [0.25, 0.3) is 5.91 Å². The smallest absolute Gasteiger partial charge is 0.371 e. The predicted octanol–water partition coefficient (Wildman–Crippen LogP) is 2.13. The molecule has 1 N–H and O–H groups in total. The van der Waals surface area contributed by atoms with Gasteiger partial charge in [-0.15, -0.1) is 0 Å². The summed E-state index contributed by atoms with van der Waals surface area (Å²) in [6.07, 6.45) is 0. The zero-order valence-corrected chi connectivity index (χ0v) is 10.5. The summed E-state index contributed by atoms with van der Waals surface area (Å²) in [6.45, 7) is 0. The van der Waals surface area contributed by atoms with E-state index in [1.54, 1.807) is 24.3 Å². The SMILES string of the molecule is CN(C(=O)c1ccc(C(=O)O)o1)c1ccc(C#N)cc1. The van der Waals surface area contributed by atoms with Gasteiger partial charge in [-0.2, -0.15) is 5.26 Å². The normalized spacial score (nSPS) is 9.80. The van der Waals surface area contributed by atoms with Crippen molar-refractivity contribution in [2.45, 2.75) is 0 Å². The van der Waals surface area contributed by atoms with Crippen molar-refractivity contribution in [1.29, 1.82) is 5.26 Å². The molecule has 20 heavy (non-hydrogen) atoms. The van der Waals surface area contributed by atoms with Gasteiger partial charge in [0.2, 0.25) is 5.76 Å². The van der Waals surface area contributed by atoms with E-state index >= 15 is 0 Å². The molecule has 0 fully saturated rings. The van der Waals surface area contributed by atoms with Crippen molar-refractivity contribution in [3.8, 4) is 6.07 Å². The van der Waals surface area contributed by atoms with Gasteiger partial charge in [-0.3, -0.25) is 4.79 Å². The average molecular weight is 270 g/mol. The van der Waals surface area contributed by atoms with Gasteiger partial charge >= 0.3 is 5.97 Å². The second-order valence-corrected chi connectivity index (χ2v) is 3.99. The van der Waals surface area contributed by atoms with Crippen LogP contribution in [0.25, 0.3) is 0 Å². The number of benzene rings is 1. The van der Waals surface area contributed by atoms with E-state index in [2.05, 4.69) is 0 Å². The molecule has 2 rings (SSSR count). The second-order valence-electron chi connectivity index (χ2n) is 3.99. The first-order valence-electron chi connectivity index (χ1n) is 5.64. The van der Waals surface area contributed by atoms with E-state index in [0.29, 0.717) is 11.3 Å². The number of hydrogen-bond donors (Lipinski definition) is 1. The molecule has 1 aromatic heterocycles. The van der Waals surface area contributed by atoms with Crippen LogP contribution in [0.2, 0.25) is 0 Å². The molecule has 0 atom stereocenters. The number of furan rings is 1. The molecule has 0 saturated heterocycles. The van der Waals surface area contributed by atoms with Crippen molar-refractivity contribution in [2.75, 3.05) is 11.9 Å². The number of nitrogens with zero attached hydrogens (tertiary/aromatic N) is 2. The Hall–Kier alpha value is -3.07. The highest BCUT2D eigenvalue weighted by atomic mass is 16.4. The number of hydrogen-bond acceptors (Lipinski definition) is 4. The van der Waals surface area contributed by atoms with E-state index in [1.807, 2.05) is 6.07 Å². The Morgan fingerprint density at radius 3 is 2.25 bits per heavy atom. The van der Waals surface area contributed by atoms with Crippen LogP contribution in [-0.4, -0.2) is 24.0 Å². The first kappa shape index (κ1) is 13.4. The van der Waals surface area contributed by atoms with Crippen LogP contribution in [-0.2, 0) is 0 Å². The van der Waals surface area contributed by atoms with Gasteiger partial charge in [-0.25, -0.2) is 4.79 Å². The Bertz CT molecular complexity index is 695. The number of carboxylic acids is 1. The first-order chi connectivity index (χ1) is 9.52. The molecule has 0 saturated carbocycles. The topological polar surface area (TPSA) is 94.5 Å². The number of nitriles is 1. The maximum atomic E-state index is 12.1. The Kier molecular flexibility index (Phi) is 3.53. The van der Waals surface area contributed by atoms with Crippen molar-refractivity contribution in [3.05, 3.63) is 53.5 Å². The Balaban J connectivity index is 2.22. The molecule has 0 aliphatic rings. The van der Waals surface area contributed by atoms with E-state index in [-0.39, 0.29) is 11.5 Å². The molecule has 0 aliphatic carbocycles. The van der Waals surface area contributed by atoms with Crippen LogP contribution in [0.3, 0.4) is 0 Å². The summed E-state index contributed by atoms with van der Waals surface area (Å²) in [5.74, 6) is -2.05. The number of carboxylic acid groups (broad SMARTS) is 1. The highest BCUT2D eigenvalue weighted by Crippen LogP contribution is 2.17. The quantitative estimate of drug-likeness (QED) is 0.921. The number of amides is 1. The van der Waals surface area contributed by atoms with Gasteiger partial charge in [0, 0.05) is 12.7 Å². The summed E-state index contributed by atoms with van der Waals surface area (Å²) >= 11 is 0. The molecule has 0 unspecified atom stereocenters. The van der Waals surface area contributed by atoms with Crippen LogP contribution >= 0.6 is 0 Å². The molecule has 0 aliphatic heterocycles. The fourth-order valence-corrected chi connectivity index (χ4v) is 1.61. The summed E-state index contributed by atoms with van der Waals surface area (Å²) in [4.78, 5) is 24.1. The van der Waals surface area contributed by atoms with E-state index in [4.69, 9.17) is 14.8 Å². The zero-order valence-electron chi connectivity index (χ0n) is 10.5. The summed E-state index contributed by atoms with van der Waals surface area (Å²) < 4.78 is 4.95. The van der Waals surface area contributed by atoms with Gasteiger partial charge in [-0.05, 0) is 36.4 Å². The van der Waals surface area contributed by atoms with Gasteiger partial charge < -0.3 is 14.4 Å². The van der Waals surface area contributed by atoms with Crippen LogP contribution in [0.15, 0.2) is 40.8 Å². The molecular formula is C14H10N2O4. The third-order valence-electron chi connectivity index (χ3n) is 2.72. The molecule has 2 aromatic rings. The predicted molar refractivity (Wildman–Crippen MR) is 69.6 cm³/mol. The van der Waals surface area contributed by atoms with Gasteiger partial charge in [0.1, 0.15) is 0 Å². The molecule has 6 heteroatoms. The zero-order chi connectivity index (χ0) is 14.7. The van der Waals surface area contributed by atoms with Crippen molar-refractivity contribution < 1.29 is 19.1 Å². The molecule has 0 bridgehead atoms. The molecule has 1 amide bonds. The van der Waals surface area contributed by atoms with E-state index < -0.39 is 11.9 Å². The first-order valence-corrected chi connectivity index (χ1v) is 5.64. The molecule has 6 nitrogen and oxygen atoms in total. The van der Waals surface area contributed by atoms with Crippen molar-refractivity contribution in [2.24, 2.45) is 0 Å². The molecular weight excluding hydrogens is 260 g/mol. The second kappa shape index (κ2) is 5.28. The van der Waals surface area contributed by atoms with Crippen LogP contribution in [0.1, 0.15) is 26.7 Å². The van der Waals surface area contributed by atoms with Crippen LogP contribution < -0.4 is 4.90 Å². The highest BCUT2D eigenvalue weighted by Gasteiger charge is 2.19. The highest BCUT2D eigenvalue weighted by molar-refractivity contribution is 6.04. The van der Waals surface area contributed by atoms with Crippen molar-refractivity contribution in [1.82, 2.24) is 0 Å². The third-order valence-corrected chi connectivity index (χ3v) is 2.72. The fraction of sp³-hybridized carbons (Fsp3) is 0.0714. The maximum Gasteiger partial charge on any atom is 0.371 e. The Morgan fingerprint density at radius 1 is 1.15 bits per heavy atom. The van der Waals surface area contributed by atoms with Crippen LogP contribution in [0.4, 0.5) is 5.69 Å². The third kappa shape index (κ3) is 2.52. The number of anilines is 1. The van der Waals surface area contributed by atoms with Crippen molar-refractivity contribution >= 4 is 17.6 Å².